The third-order valence-electron chi connectivity index (χ3n) is 2.66. The fourth-order valence-corrected chi connectivity index (χ4v) is 1.63. The predicted octanol–water partition coefficient (Wildman–Crippen LogP) is 2.24. The van der Waals surface area contributed by atoms with Crippen molar-refractivity contribution in [2.75, 3.05) is 10.7 Å². The number of nitrogens with two attached hydrogens (primary N) is 1. The van der Waals surface area contributed by atoms with Crippen molar-refractivity contribution in [3.63, 3.8) is 0 Å². The summed E-state index contributed by atoms with van der Waals surface area (Å²) in [4.78, 5) is 12.0. The molecule has 100 valence electrons. The molecule has 0 aliphatic carbocycles. The normalized spacial score (nSPS) is 9.65. The summed E-state index contributed by atoms with van der Waals surface area (Å²) in [5.74, 6) is 4.31. The number of amides is 1. The van der Waals surface area contributed by atoms with Crippen LogP contribution in [0.1, 0.15) is 15.9 Å². The Labute approximate surface area is 114 Å². The van der Waals surface area contributed by atoms with Gasteiger partial charge in [-0.2, -0.15) is 5.26 Å². The number of hydrogen-bond donors (Lipinski definition) is 3. The summed E-state index contributed by atoms with van der Waals surface area (Å²) in [7, 11) is 0. The molecule has 0 spiro atoms. The van der Waals surface area contributed by atoms with Crippen molar-refractivity contribution in [1.29, 1.82) is 5.26 Å². The standard InChI is InChI=1S/C14H11FN4O/c15-11-3-6-13(10(7-11)8-16)18-14(20)9-1-4-12(19-17)5-2-9/h1-7,19H,17H2,(H,18,20). The number of nitriles is 1. The van der Waals surface area contributed by atoms with Crippen molar-refractivity contribution >= 4 is 17.3 Å². The van der Waals surface area contributed by atoms with E-state index in [0.29, 0.717) is 11.3 Å². The Hall–Kier alpha value is -2.91. The number of carbonyl (C=O) groups excluding carboxylic acids is 1. The van der Waals surface area contributed by atoms with Crippen LogP contribution in [0.2, 0.25) is 0 Å². The molecule has 1 amide bonds. The van der Waals surface area contributed by atoms with E-state index >= 15 is 0 Å². The maximum Gasteiger partial charge on any atom is 0.255 e. The Bertz CT molecular complexity index is 677. The second-order valence-electron chi connectivity index (χ2n) is 3.98. The van der Waals surface area contributed by atoms with Crippen molar-refractivity contribution < 1.29 is 9.18 Å². The Morgan fingerprint density at radius 3 is 2.50 bits per heavy atom. The Balaban J connectivity index is 2.21. The number of rotatable bonds is 3. The molecule has 0 saturated carbocycles. The van der Waals surface area contributed by atoms with Crippen LogP contribution in [-0.2, 0) is 0 Å². The molecule has 0 bridgehead atoms. The number of hydrogen-bond acceptors (Lipinski definition) is 4. The van der Waals surface area contributed by atoms with E-state index in [1.54, 1.807) is 24.3 Å². The van der Waals surface area contributed by atoms with Crippen molar-refractivity contribution in [3.05, 3.63) is 59.4 Å². The summed E-state index contributed by atoms with van der Waals surface area (Å²) in [6.07, 6.45) is 0. The highest BCUT2D eigenvalue weighted by molar-refractivity contribution is 6.05. The van der Waals surface area contributed by atoms with E-state index in [2.05, 4.69) is 10.7 Å². The summed E-state index contributed by atoms with van der Waals surface area (Å²) < 4.78 is 13.0. The molecule has 0 aliphatic heterocycles. The minimum atomic E-state index is -0.530. The van der Waals surface area contributed by atoms with E-state index in [1.807, 2.05) is 6.07 Å². The van der Waals surface area contributed by atoms with Gasteiger partial charge in [0, 0.05) is 11.3 Å². The van der Waals surface area contributed by atoms with Gasteiger partial charge in [-0.15, -0.1) is 0 Å². The van der Waals surface area contributed by atoms with Gasteiger partial charge in [-0.3, -0.25) is 10.6 Å². The fraction of sp³-hybridized carbons (Fsp3) is 0. The van der Waals surface area contributed by atoms with Crippen molar-refractivity contribution in [2.24, 2.45) is 5.84 Å². The second kappa shape index (κ2) is 5.82. The number of hydrazine groups is 1. The summed E-state index contributed by atoms with van der Waals surface area (Å²) in [6.45, 7) is 0. The van der Waals surface area contributed by atoms with E-state index < -0.39 is 11.7 Å². The van der Waals surface area contributed by atoms with E-state index in [9.17, 15) is 9.18 Å². The van der Waals surface area contributed by atoms with Crippen LogP contribution in [0.4, 0.5) is 15.8 Å². The highest BCUT2D eigenvalue weighted by Gasteiger charge is 2.09. The average Bonchev–Trinajstić information content (AvgIpc) is 2.49. The highest BCUT2D eigenvalue weighted by Crippen LogP contribution is 2.17. The zero-order chi connectivity index (χ0) is 14.5. The van der Waals surface area contributed by atoms with Crippen molar-refractivity contribution in [1.82, 2.24) is 0 Å². The zero-order valence-corrected chi connectivity index (χ0v) is 10.4. The van der Waals surface area contributed by atoms with E-state index in [4.69, 9.17) is 11.1 Å². The first kappa shape index (κ1) is 13.5. The largest absolute Gasteiger partial charge is 0.324 e. The molecule has 0 atom stereocenters. The number of benzene rings is 2. The lowest BCUT2D eigenvalue weighted by atomic mass is 10.1. The predicted molar refractivity (Wildman–Crippen MR) is 73.3 cm³/mol. The van der Waals surface area contributed by atoms with Crippen LogP contribution in [0.15, 0.2) is 42.5 Å². The molecule has 0 saturated heterocycles. The van der Waals surface area contributed by atoms with Crippen molar-refractivity contribution in [3.8, 4) is 6.07 Å². The van der Waals surface area contributed by atoms with Gasteiger partial charge >= 0.3 is 0 Å². The van der Waals surface area contributed by atoms with Gasteiger partial charge in [0.2, 0.25) is 0 Å². The van der Waals surface area contributed by atoms with E-state index in [0.717, 1.165) is 6.07 Å². The molecule has 0 fully saturated rings. The van der Waals surface area contributed by atoms with Gasteiger partial charge in [0.25, 0.3) is 5.91 Å². The molecular formula is C14H11FN4O. The summed E-state index contributed by atoms with van der Waals surface area (Å²) in [5.41, 5.74) is 3.85. The first-order chi connectivity index (χ1) is 9.63. The molecular weight excluding hydrogens is 259 g/mol. The third-order valence-corrected chi connectivity index (χ3v) is 2.66. The molecule has 2 aromatic rings. The minimum absolute atomic E-state index is 0.0681. The van der Waals surface area contributed by atoms with Gasteiger partial charge in [0.05, 0.1) is 11.3 Å². The minimum Gasteiger partial charge on any atom is -0.324 e. The van der Waals surface area contributed by atoms with Gasteiger partial charge in [0.15, 0.2) is 0 Å². The number of halogens is 1. The Morgan fingerprint density at radius 1 is 1.20 bits per heavy atom. The molecule has 0 aliphatic rings. The van der Waals surface area contributed by atoms with Crippen LogP contribution in [0.25, 0.3) is 0 Å². The monoisotopic (exact) mass is 270 g/mol. The second-order valence-corrected chi connectivity index (χ2v) is 3.98. The number of carbonyl (C=O) groups is 1. The molecule has 2 rings (SSSR count). The van der Waals surface area contributed by atoms with Crippen LogP contribution >= 0.6 is 0 Å². The first-order valence-corrected chi connectivity index (χ1v) is 5.71. The molecule has 5 nitrogen and oxygen atoms in total. The van der Waals surface area contributed by atoms with E-state index in [1.165, 1.54) is 12.1 Å². The van der Waals surface area contributed by atoms with Crippen LogP contribution in [0.3, 0.4) is 0 Å². The Morgan fingerprint density at radius 2 is 1.90 bits per heavy atom. The topological polar surface area (TPSA) is 90.9 Å². The smallest absolute Gasteiger partial charge is 0.255 e. The summed E-state index contributed by atoms with van der Waals surface area (Å²) in [6, 6.07) is 11.9. The molecule has 2 aromatic carbocycles. The van der Waals surface area contributed by atoms with E-state index in [-0.39, 0.29) is 11.3 Å². The maximum atomic E-state index is 13.0. The molecule has 6 heteroatoms. The molecule has 0 radical (unpaired) electrons. The maximum absolute atomic E-state index is 13.0. The van der Waals surface area contributed by atoms with Crippen LogP contribution in [0.5, 0.6) is 0 Å². The van der Waals surface area contributed by atoms with Gasteiger partial charge in [0.1, 0.15) is 11.9 Å². The lowest BCUT2D eigenvalue weighted by Gasteiger charge is -2.07. The van der Waals surface area contributed by atoms with Crippen molar-refractivity contribution in [2.45, 2.75) is 0 Å². The quantitative estimate of drug-likeness (QED) is 0.589. The Kier molecular flexibility index (Phi) is 3.93. The number of anilines is 2. The van der Waals surface area contributed by atoms with Crippen LogP contribution in [-0.4, -0.2) is 5.91 Å². The lowest BCUT2D eigenvalue weighted by molar-refractivity contribution is 0.102. The SMILES string of the molecule is N#Cc1cc(F)ccc1NC(=O)c1ccc(NN)cc1. The molecule has 4 N–H and O–H groups in total. The van der Waals surface area contributed by atoms with Gasteiger partial charge in [-0.05, 0) is 42.5 Å². The average molecular weight is 270 g/mol. The molecule has 0 heterocycles. The number of nitrogens with one attached hydrogen (secondary N) is 2. The zero-order valence-electron chi connectivity index (χ0n) is 10.4. The molecule has 0 unspecified atom stereocenters. The lowest BCUT2D eigenvalue weighted by Crippen LogP contribution is -2.13. The number of nitrogen functional groups attached to an aromatic ring is 1. The third kappa shape index (κ3) is 2.91. The summed E-state index contributed by atoms with van der Waals surface area (Å²) in [5, 5.41) is 11.5. The van der Waals surface area contributed by atoms with Gasteiger partial charge in [-0.1, -0.05) is 0 Å². The number of nitrogens with zero attached hydrogens (tertiary/aromatic N) is 1. The van der Waals surface area contributed by atoms with Crippen LogP contribution in [0, 0.1) is 17.1 Å². The molecule has 0 aromatic heterocycles. The fourth-order valence-electron chi connectivity index (χ4n) is 1.63. The van der Waals surface area contributed by atoms with Gasteiger partial charge < -0.3 is 10.7 Å². The first-order valence-electron chi connectivity index (χ1n) is 5.71. The van der Waals surface area contributed by atoms with Crippen LogP contribution < -0.4 is 16.6 Å². The molecule has 20 heavy (non-hydrogen) atoms. The summed E-state index contributed by atoms with van der Waals surface area (Å²) >= 11 is 0. The van der Waals surface area contributed by atoms with Gasteiger partial charge in [-0.25, -0.2) is 4.39 Å². The highest BCUT2D eigenvalue weighted by atomic mass is 19.1.